The second-order valence-electron chi connectivity index (χ2n) is 4.06. The predicted octanol–water partition coefficient (Wildman–Crippen LogP) is 2.67. The lowest BCUT2D eigenvalue weighted by Crippen LogP contribution is -2.29. The summed E-state index contributed by atoms with van der Waals surface area (Å²) in [5, 5.41) is 2.45. The molecule has 0 atom stereocenters. The Morgan fingerprint density at radius 2 is 1.94 bits per heavy atom. The van der Waals surface area contributed by atoms with E-state index in [9.17, 15) is 9.59 Å². The first-order valence-corrected chi connectivity index (χ1v) is 6.18. The number of rotatable bonds is 7. The molecule has 0 fully saturated rings. The van der Waals surface area contributed by atoms with E-state index in [0.717, 1.165) is 18.4 Å². The molecule has 0 aliphatic rings. The van der Waals surface area contributed by atoms with Crippen LogP contribution >= 0.6 is 0 Å². The number of ether oxygens (including phenoxy) is 1. The lowest BCUT2D eigenvalue weighted by atomic mass is 10.2. The fourth-order valence-electron chi connectivity index (χ4n) is 1.41. The number of alkyl carbamates (subject to hydrolysis) is 1. The number of hydrogen-bond donors (Lipinski definition) is 1. The number of amides is 1. The first-order valence-electron chi connectivity index (χ1n) is 6.18. The van der Waals surface area contributed by atoms with Gasteiger partial charge in [-0.05, 0) is 12.0 Å². The minimum absolute atomic E-state index is 0.0357. The van der Waals surface area contributed by atoms with Crippen molar-refractivity contribution in [3.63, 3.8) is 0 Å². The van der Waals surface area contributed by atoms with Crippen molar-refractivity contribution in [2.45, 2.75) is 32.8 Å². The van der Waals surface area contributed by atoms with Crippen LogP contribution in [0.3, 0.4) is 0 Å². The second kappa shape index (κ2) is 8.28. The third kappa shape index (κ3) is 6.03. The summed E-state index contributed by atoms with van der Waals surface area (Å²) < 4.78 is 4.98. The van der Waals surface area contributed by atoms with Crippen LogP contribution < -0.4 is 5.32 Å². The molecule has 0 radical (unpaired) electrons. The number of ketones is 1. The summed E-state index contributed by atoms with van der Waals surface area (Å²) in [6.07, 6.45) is 1.79. The average molecular weight is 249 g/mol. The average Bonchev–Trinajstić information content (AvgIpc) is 2.41. The number of carbonyl (C=O) groups is 2. The lowest BCUT2D eigenvalue weighted by molar-refractivity contribution is -0.118. The van der Waals surface area contributed by atoms with E-state index in [2.05, 4.69) is 5.32 Å². The van der Waals surface area contributed by atoms with Crippen molar-refractivity contribution in [1.29, 1.82) is 0 Å². The Labute approximate surface area is 107 Å². The summed E-state index contributed by atoms with van der Waals surface area (Å²) in [6.45, 7) is 2.29. The molecule has 0 unspecified atom stereocenters. The Bertz CT molecular complexity index is 376. The van der Waals surface area contributed by atoms with E-state index in [1.165, 1.54) is 0 Å². The number of carbonyl (C=O) groups excluding carboxylic acids is 2. The van der Waals surface area contributed by atoms with Crippen LogP contribution in [0.15, 0.2) is 30.3 Å². The van der Waals surface area contributed by atoms with Gasteiger partial charge in [0.2, 0.25) is 0 Å². The van der Waals surface area contributed by atoms with Gasteiger partial charge < -0.3 is 10.1 Å². The number of unbranched alkanes of at least 4 members (excludes halogenated alkanes) is 1. The van der Waals surface area contributed by atoms with Gasteiger partial charge in [0.05, 0.1) is 6.54 Å². The molecule has 1 aromatic carbocycles. The molecule has 98 valence electrons. The van der Waals surface area contributed by atoms with E-state index in [0.29, 0.717) is 6.42 Å². The van der Waals surface area contributed by atoms with E-state index in [1.807, 2.05) is 37.3 Å². The minimum Gasteiger partial charge on any atom is -0.445 e. The molecule has 0 heterocycles. The van der Waals surface area contributed by atoms with Gasteiger partial charge in [0.25, 0.3) is 0 Å². The Morgan fingerprint density at radius 3 is 2.61 bits per heavy atom. The van der Waals surface area contributed by atoms with Crippen LogP contribution in [0, 0.1) is 0 Å². The summed E-state index contributed by atoms with van der Waals surface area (Å²) >= 11 is 0. The Balaban J connectivity index is 2.16. The minimum atomic E-state index is -0.552. The Morgan fingerprint density at radius 1 is 1.22 bits per heavy atom. The van der Waals surface area contributed by atoms with Crippen LogP contribution in [0.5, 0.6) is 0 Å². The number of benzene rings is 1. The first kappa shape index (κ1) is 14.2. The maximum atomic E-state index is 11.3. The standard InChI is InChI=1S/C14H19NO3/c1-2-3-9-13(16)10-15-14(17)18-11-12-7-5-4-6-8-12/h4-8H,2-3,9-11H2,1H3,(H,15,17). The van der Waals surface area contributed by atoms with Crippen molar-refractivity contribution in [3.05, 3.63) is 35.9 Å². The maximum Gasteiger partial charge on any atom is 0.407 e. The van der Waals surface area contributed by atoms with Crippen molar-refractivity contribution in [3.8, 4) is 0 Å². The van der Waals surface area contributed by atoms with Crippen LogP contribution in [0.1, 0.15) is 31.7 Å². The van der Waals surface area contributed by atoms with E-state index >= 15 is 0 Å². The van der Waals surface area contributed by atoms with Crippen molar-refractivity contribution < 1.29 is 14.3 Å². The highest BCUT2D eigenvalue weighted by Gasteiger charge is 2.06. The lowest BCUT2D eigenvalue weighted by Gasteiger charge is -2.06. The molecule has 4 nitrogen and oxygen atoms in total. The topological polar surface area (TPSA) is 55.4 Å². The molecule has 1 amide bonds. The van der Waals surface area contributed by atoms with Gasteiger partial charge >= 0.3 is 6.09 Å². The van der Waals surface area contributed by atoms with E-state index in [1.54, 1.807) is 0 Å². The highest BCUT2D eigenvalue weighted by molar-refractivity contribution is 5.83. The number of hydrogen-bond acceptors (Lipinski definition) is 3. The zero-order valence-corrected chi connectivity index (χ0v) is 10.6. The molecule has 1 aromatic rings. The molecule has 0 saturated carbocycles. The molecule has 1 N–H and O–H groups in total. The van der Waals surface area contributed by atoms with Crippen molar-refractivity contribution in [2.24, 2.45) is 0 Å². The molecular weight excluding hydrogens is 230 g/mol. The van der Waals surface area contributed by atoms with Gasteiger partial charge in [-0.1, -0.05) is 43.7 Å². The van der Waals surface area contributed by atoms with Gasteiger partial charge in [0, 0.05) is 6.42 Å². The van der Waals surface area contributed by atoms with Crippen LogP contribution in [0.25, 0.3) is 0 Å². The molecule has 0 bridgehead atoms. The second-order valence-corrected chi connectivity index (χ2v) is 4.06. The van der Waals surface area contributed by atoms with Crippen molar-refractivity contribution in [1.82, 2.24) is 5.32 Å². The van der Waals surface area contributed by atoms with E-state index < -0.39 is 6.09 Å². The molecule has 0 spiro atoms. The van der Waals surface area contributed by atoms with Crippen LogP contribution in [0.4, 0.5) is 4.79 Å². The summed E-state index contributed by atoms with van der Waals surface area (Å²) in [5.41, 5.74) is 0.921. The third-order valence-electron chi connectivity index (χ3n) is 2.45. The maximum absolute atomic E-state index is 11.3. The van der Waals surface area contributed by atoms with E-state index in [-0.39, 0.29) is 18.9 Å². The smallest absolute Gasteiger partial charge is 0.407 e. The molecule has 1 rings (SSSR count). The van der Waals surface area contributed by atoms with Crippen molar-refractivity contribution >= 4 is 11.9 Å². The number of Topliss-reactive ketones (excluding diaryl/α,β-unsaturated/α-hetero) is 1. The largest absolute Gasteiger partial charge is 0.445 e. The van der Waals surface area contributed by atoms with Gasteiger partial charge in [-0.25, -0.2) is 4.79 Å². The summed E-state index contributed by atoms with van der Waals surface area (Å²) in [7, 11) is 0. The first-order chi connectivity index (χ1) is 8.72. The van der Waals surface area contributed by atoms with Crippen molar-refractivity contribution in [2.75, 3.05) is 6.54 Å². The number of nitrogens with one attached hydrogen (secondary N) is 1. The molecule has 4 heteroatoms. The summed E-state index contributed by atoms with van der Waals surface area (Å²) in [4.78, 5) is 22.6. The zero-order valence-electron chi connectivity index (χ0n) is 10.6. The van der Waals surface area contributed by atoms with Gasteiger partial charge in [0.15, 0.2) is 5.78 Å². The van der Waals surface area contributed by atoms with Crippen LogP contribution in [-0.4, -0.2) is 18.4 Å². The monoisotopic (exact) mass is 249 g/mol. The Hall–Kier alpha value is -1.84. The zero-order chi connectivity index (χ0) is 13.2. The predicted molar refractivity (Wildman–Crippen MR) is 69.2 cm³/mol. The molecule has 18 heavy (non-hydrogen) atoms. The molecule has 0 saturated heterocycles. The van der Waals surface area contributed by atoms with Crippen LogP contribution in [-0.2, 0) is 16.1 Å². The molecule has 0 aromatic heterocycles. The molecule has 0 aliphatic carbocycles. The normalized spacial score (nSPS) is 9.83. The Kier molecular flexibility index (Phi) is 6.54. The van der Waals surface area contributed by atoms with E-state index in [4.69, 9.17) is 4.74 Å². The SMILES string of the molecule is CCCCC(=O)CNC(=O)OCc1ccccc1. The van der Waals surface area contributed by atoms with Gasteiger partial charge in [-0.3, -0.25) is 4.79 Å². The summed E-state index contributed by atoms with van der Waals surface area (Å²) in [6, 6.07) is 9.41. The van der Waals surface area contributed by atoms with Gasteiger partial charge in [-0.15, -0.1) is 0 Å². The van der Waals surface area contributed by atoms with Gasteiger partial charge in [-0.2, -0.15) is 0 Å². The highest BCUT2D eigenvalue weighted by Crippen LogP contribution is 2.00. The van der Waals surface area contributed by atoms with Crippen LogP contribution in [0.2, 0.25) is 0 Å². The fraction of sp³-hybridized carbons (Fsp3) is 0.429. The highest BCUT2D eigenvalue weighted by atomic mass is 16.5. The third-order valence-corrected chi connectivity index (χ3v) is 2.45. The van der Waals surface area contributed by atoms with Gasteiger partial charge in [0.1, 0.15) is 6.61 Å². The molecular formula is C14H19NO3. The quantitative estimate of drug-likeness (QED) is 0.808. The summed E-state index contributed by atoms with van der Waals surface area (Å²) in [5.74, 6) is 0.0357. The fourth-order valence-corrected chi connectivity index (χ4v) is 1.41. The molecule has 0 aliphatic heterocycles.